The van der Waals surface area contributed by atoms with Crippen LogP contribution < -0.4 is 25.4 Å². The zero-order valence-corrected chi connectivity index (χ0v) is 19.2. The largest absolute Gasteiger partial charge is 0.490 e. The molecule has 0 aliphatic carbocycles. The summed E-state index contributed by atoms with van der Waals surface area (Å²) < 4.78 is 11.8. The van der Waals surface area contributed by atoms with Crippen LogP contribution in [0, 0.1) is 6.92 Å². The Balaban J connectivity index is 1.32. The Bertz CT molecular complexity index is 1070. The van der Waals surface area contributed by atoms with Crippen molar-refractivity contribution < 1.29 is 14.3 Å². The van der Waals surface area contributed by atoms with Crippen molar-refractivity contribution in [3.8, 4) is 17.2 Å². The molecule has 2 amide bonds. The summed E-state index contributed by atoms with van der Waals surface area (Å²) in [5.41, 5.74) is 2.38. The minimum Gasteiger partial charge on any atom is -0.490 e. The first-order chi connectivity index (χ1) is 16.1. The number of rotatable bonds is 8. The topological polar surface area (TPSA) is 84.5 Å². The van der Waals surface area contributed by atoms with Crippen molar-refractivity contribution in [2.24, 2.45) is 0 Å². The molecule has 1 saturated heterocycles. The maximum absolute atomic E-state index is 12.5. The minimum atomic E-state index is -0.337. The zero-order chi connectivity index (χ0) is 23.0. The van der Waals surface area contributed by atoms with Gasteiger partial charge >= 0.3 is 6.03 Å². The van der Waals surface area contributed by atoms with Crippen molar-refractivity contribution in [3.05, 3.63) is 77.1 Å². The van der Waals surface area contributed by atoms with Crippen LogP contribution >= 0.6 is 11.6 Å². The number of hydrogen-bond donors (Lipinski definition) is 3. The Morgan fingerprint density at radius 2 is 1.91 bits per heavy atom. The van der Waals surface area contributed by atoms with Gasteiger partial charge in [0.2, 0.25) is 0 Å². The molecule has 1 aliphatic heterocycles. The van der Waals surface area contributed by atoms with Crippen LogP contribution in [0.2, 0.25) is 5.02 Å². The molecular formula is C25H27ClN4O3. The Morgan fingerprint density at radius 3 is 2.64 bits per heavy atom. The number of carbonyl (C=O) groups is 1. The monoisotopic (exact) mass is 466 g/mol. The van der Waals surface area contributed by atoms with E-state index in [0.717, 1.165) is 30.5 Å². The van der Waals surface area contributed by atoms with Gasteiger partial charge in [-0.3, -0.25) is 4.98 Å². The van der Waals surface area contributed by atoms with E-state index in [2.05, 4.69) is 20.9 Å². The standard InChI is InChI=1S/C25H27ClN4O3/c1-17-13-24(32-16-19-3-2-10-28-19)23(14-22(17)26)30-25(31)29-15-18-4-6-20(7-5-18)33-21-8-11-27-12-9-21/h4-9,11-14,19,28H,2-3,10,15-16H2,1H3,(H2,29,30,31). The van der Waals surface area contributed by atoms with Gasteiger partial charge in [0.1, 0.15) is 23.9 Å². The SMILES string of the molecule is Cc1cc(OCC2CCCN2)c(NC(=O)NCc2ccc(Oc3ccncc3)cc2)cc1Cl. The van der Waals surface area contributed by atoms with Crippen molar-refractivity contribution in [1.82, 2.24) is 15.6 Å². The van der Waals surface area contributed by atoms with Gasteiger partial charge < -0.3 is 25.4 Å². The van der Waals surface area contributed by atoms with Crippen LogP contribution in [0.15, 0.2) is 60.9 Å². The molecule has 3 N–H and O–H groups in total. The second-order valence-electron chi connectivity index (χ2n) is 7.94. The maximum Gasteiger partial charge on any atom is 0.319 e. The van der Waals surface area contributed by atoms with E-state index in [-0.39, 0.29) is 6.03 Å². The number of ether oxygens (including phenoxy) is 2. The fraction of sp³-hybridized carbons (Fsp3) is 0.280. The van der Waals surface area contributed by atoms with Crippen LogP contribution in [0.5, 0.6) is 17.2 Å². The van der Waals surface area contributed by atoms with Crippen LogP contribution in [-0.4, -0.2) is 30.2 Å². The average molecular weight is 467 g/mol. The van der Waals surface area contributed by atoms with Gasteiger partial charge in [-0.05, 0) is 73.8 Å². The van der Waals surface area contributed by atoms with E-state index in [9.17, 15) is 4.79 Å². The average Bonchev–Trinajstić information content (AvgIpc) is 3.34. The molecule has 2 heterocycles. The van der Waals surface area contributed by atoms with Crippen LogP contribution in [0.25, 0.3) is 0 Å². The summed E-state index contributed by atoms with van der Waals surface area (Å²) in [6.07, 6.45) is 5.59. The lowest BCUT2D eigenvalue weighted by Crippen LogP contribution is -2.30. The lowest BCUT2D eigenvalue weighted by Gasteiger charge is -2.17. The van der Waals surface area contributed by atoms with Crippen molar-refractivity contribution >= 4 is 23.3 Å². The molecule has 7 nitrogen and oxygen atoms in total. The van der Waals surface area contributed by atoms with E-state index in [0.29, 0.717) is 47.2 Å². The van der Waals surface area contributed by atoms with Gasteiger partial charge in [0.25, 0.3) is 0 Å². The molecular weight excluding hydrogens is 440 g/mol. The summed E-state index contributed by atoms with van der Waals surface area (Å²) in [4.78, 5) is 16.5. The van der Waals surface area contributed by atoms with E-state index >= 15 is 0 Å². The number of amides is 2. The minimum absolute atomic E-state index is 0.327. The Kier molecular flexibility index (Phi) is 7.65. The Hall–Kier alpha value is -3.29. The molecule has 172 valence electrons. The quantitative estimate of drug-likeness (QED) is 0.420. The molecule has 0 radical (unpaired) electrons. The van der Waals surface area contributed by atoms with Gasteiger partial charge in [-0.1, -0.05) is 23.7 Å². The lowest BCUT2D eigenvalue weighted by molar-refractivity contribution is 0.251. The van der Waals surface area contributed by atoms with Crippen molar-refractivity contribution in [2.45, 2.75) is 32.4 Å². The summed E-state index contributed by atoms with van der Waals surface area (Å²) in [6.45, 7) is 3.83. The van der Waals surface area contributed by atoms with Gasteiger partial charge in [-0.2, -0.15) is 0 Å². The van der Waals surface area contributed by atoms with E-state index in [4.69, 9.17) is 21.1 Å². The maximum atomic E-state index is 12.5. The number of benzene rings is 2. The second-order valence-corrected chi connectivity index (χ2v) is 8.35. The number of nitrogens with zero attached hydrogens (tertiary/aromatic N) is 1. The van der Waals surface area contributed by atoms with Crippen LogP contribution in [0.4, 0.5) is 10.5 Å². The number of pyridine rings is 1. The molecule has 1 unspecified atom stereocenters. The molecule has 1 aromatic heterocycles. The molecule has 33 heavy (non-hydrogen) atoms. The van der Waals surface area contributed by atoms with E-state index in [1.54, 1.807) is 30.6 Å². The fourth-order valence-corrected chi connectivity index (χ4v) is 3.69. The molecule has 3 aromatic rings. The molecule has 1 atom stereocenters. The highest BCUT2D eigenvalue weighted by atomic mass is 35.5. The third kappa shape index (κ3) is 6.60. The van der Waals surface area contributed by atoms with E-state index in [1.807, 2.05) is 37.3 Å². The number of anilines is 1. The summed E-state index contributed by atoms with van der Waals surface area (Å²) in [6, 6.07) is 14.7. The molecule has 2 aromatic carbocycles. The van der Waals surface area contributed by atoms with Gasteiger partial charge in [-0.15, -0.1) is 0 Å². The predicted octanol–water partition coefficient (Wildman–Crippen LogP) is 5.29. The molecule has 0 saturated carbocycles. The number of aromatic nitrogens is 1. The van der Waals surface area contributed by atoms with E-state index < -0.39 is 0 Å². The number of nitrogens with one attached hydrogen (secondary N) is 3. The number of hydrogen-bond acceptors (Lipinski definition) is 5. The van der Waals surface area contributed by atoms with Crippen molar-refractivity contribution in [2.75, 3.05) is 18.5 Å². The predicted molar refractivity (Wildman–Crippen MR) is 129 cm³/mol. The van der Waals surface area contributed by atoms with Crippen LogP contribution in [0.1, 0.15) is 24.0 Å². The Labute approximate surface area is 198 Å². The zero-order valence-electron chi connectivity index (χ0n) is 18.4. The van der Waals surface area contributed by atoms with Crippen molar-refractivity contribution in [1.29, 1.82) is 0 Å². The van der Waals surface area contributed by atoms with Gasteiger partial charge in [-0.25, -0.2) is 4.79 Å². The summed E-state index contributed by atoms with van der Waals surface area (Å²) >= 11 is 6.29. The fourth-order valence-electron chi connectivity index (χ4n) is 3.53. The highest BCUT2D eigenvalue weighted by molar-refractivity contribution is 6.31. The normalized spacial score (nSPS) is 15.2. The highest BCUT2D eigenvalue weighted by Gasteiger charge is 2.17. The highest BCUT2D eigenvalue weighted by Crippen LogP contribution is 2.31. The molecule has 0 bridgehead atoms. The number of urea groups is 1. The van der Waals surface area contributed by atoms with Gasteiger partial charge in [0, 0.05) is 30.0 Å². The third-order valence-electron chi connectivity index (χ3n) is 5.37. The first-order valence-corrected chi connectivity index (χ1v) is 11.3. The van der Waals surface area contributed by atoms with Crippen LogP contribution in [-0.2, 0) is 6.54 Å². The third-order valence-corrected chi connectivity index (χ3v) is 5.78. The molecule has 1 fully saturated rings. The first kappa shape index (κ1) is 22.9. The lowest BCUT2D eigenvalue weighted by atomic mass is 10.2. The molecule has 8 heteroatoms. The number of carbonyl (C=O) groups excluding carboxylic acids is 1. The summed E-state index contributed by atoms with van der Waals surface area (Å²) in [5.74, 6) is 2.04. The molecule has 0 spiro atoms. The summed E-state index contributed by atoms with van der Waals surface area (Å²) in [5, 5.41) is 9.70. The van der Waals surface area contributed by atoms with Crippen molar-refractivity contribution in [3.63, 3.8) is 0 Å². The van der Waals surface area contributed by atoms with Crippen LogP contribution in [0.3, 0.4) is 0 Å². The smallest absolute Gasteiger partial charge is 0.319 e. The van der Waals surface area contributed by atoms with E-state index in [1.165, 1.54) is 0 Å². The number of aryl methyl sites for hydroxylation is 1. The Morgan fingerprint density at radius 1 is 1.15 bits per heavy atom. The van der Waals surface area contributed by atoms with Gasteiger partial charge in [0.05, 0.1) is 5.69 Å². The molecule has 4 rings (SSSR count). The van der Waals surface area contributed by atoms with Gasteiger partial charge in [0.15, 0.2) is 0 Å². The number of halogens is 1. The summed E-state index contributed by atoms with van der Waals surface area (Å²) in [7, 11) is 0. The first-order valence-electron chi connectivity index (χ1n) is 10.9. The second kappa shape index (κ2) is 11.0. The molecule has 1 aliphatic rings.